The van der Waals surface area contributed by atoms with Crippen LogP contribution in [0, 0.1) is 12.8 Å². The number of benzene rings is 1. The van der Waals surface area contributed by atoms with Crippen molar-refractivity contribution in [2.24, 2.45) is 11.7 Å². The van der Waals surface area contributed by atoms with E-state index in [1.54, 1.807) is 0 Å². The van der Waals surface area contributed by atoms with Crippen molar-refractivity contribution in [2.75, 3.05) is 6.54 Å². The highest BCUT2D eigenvalue weighted by Crippen LogP contribution is 2.18. The maximum absolute atomic E-state index is 12.1. The second kappa shape index (κ2) is 7.23. The molecule has 1 atom stereocenters. The number of rotatable bonds is 7. The van der Waals surface area contributed by atoms with Crippen LogP contribution in [0.25, 0.3) is 0 Å². The summed E-state index contributed by atoms with van der Waals surface area (Å²) in [6.45, 7) is 4.88. The summed E-state index contributed by atoms with van der Waals surface area (Å²) in [5.74, 6) is 0.853. The van der Waals surface area contributed by atoms with Crippen LogP contribution in [0.15, 0.2) is 24.3 Å². The molecule has 0 bridgehead atoms. The Balaban J connectivity index is 2.52. The zero-order valence-electron chi connectivity index (χ0n) is 10.9. The molecule has 1 aromatic rings. The van der Waals surface area contributed by atoms with E-state index in [9.17, 15) is 4.79 Å². The molecule has 0 aliphatic heterocycles. The molecule has 0 saturated heterocycles. The monoisotopic (exact) mass is 233 g/mol. The molecular weight excluding hydrogens is 210 g/mol. The second-order valence-electron chi connectivity index (χ2n) is 4.63. The number of carbonyl (C=O) groups excluding carboxylic acids is 1. The molecule has 2 N–H and O–H groups in total. The van der Waals surface area contributed by atoms with Gasteiger partial charge in [0.05, 0.1) is 0 Å². The third-order valence-electron chi connectivity index (χ3n) is 3.38. The summed E-state index contributed by atoms with van der Waals surface area (Å²) in [5.41, 5.74) is 7.51. The van der Waals surface area contributed by atoms with Gasteiger partial charge in [-0.3, -0.25) is 4.79 Å². The molecule has 2 nitrogen and oxygen atoms in total. The van der Waals surface area contributed by atoms with E-state index in [0.717, 1.165) is 36.9 Å². The van der Waals surface area contributed by atoms with Gasteiger partial charge in [-0.25, -0.2) is 0 Å². The molecule has 0 radical (unpaired) electrons. The summed E-state index contributed by atoms with van der Waals surface area (Å²) >= 11 is 0. The van der Waals surface area contributed by atoms with Gasteiger partial charge in [0.2, 0.25) is 0 Å². The van der Waals surface area contributed by atoms with Crippen molar-refractivity contribution < 1.29 is 4.79 Å². The molecule has 94 valence electrons. The van der Waals surface area contributed by atoms with E-state index in [0.29, 0.717) is 12.3 Å². The molecule has 0 spiro atoms. The average molecular weight is 233 g/mol. The lowest BCUT2D eigenvalue weighted by molar-refractivity contribution is 0.0972. The Morgan fingerprint density at radius 3 is 2.59 bits per heavy atom. The highest BCUT2D eigenvalue weighted by molar-refractivity contribution is 5.97. The van der Waals surface area contributed by atoms with E-state index >= 15 is 0 Å². The van der Waals surface area contributed by atoms with Crippen molar-refractivity contribution in [3.63, 3.8) is 0 Å². The number of ketones is 1. The van der Waals surface area contributed by atoms with Crippen LogP contribution in [0.4, 0.5) is 0 Å². The van der Waals surface area contributed by atoms with Crippen LogP contribution in [0.1, 0.15) is 48.5 Å². The van der Waals surface area contributed by atoms with Crippen molar-refractivity contribution >= 4 is 5.78 Å². The van der Waals surface area contributed by atoms with Crippen LogP contribution in [0.2, 0.25) is 0 Å². The van der Waals surface area contributed by atoms with Gasteiger partial charge in [0.1, 0.15) is 0 Å². The lowest BCUT2D eigenvalue weighted by atomic mass is 9.93. The maximum Gasteiger partial charge on any atom is 0.163 e. The molecule has 0 amide bonds. The minimum absolute atomic E-state index is 0.263. The summed E-state index contributed by atoms with van der Waals surface area (Å²) in [7, 11) is 0. The van der Waals surface area contributed by atoms with Crippen LogP contribution in [0.3, 0.4) is 0 Å². The van der Waals surface area contributed by atoms with E-state index in [1.807, 2.05) is 31.2 Å². The Labute approximate surface area is 104 Å². The molecule has 0 saturated carbocycles. The van der Waals surface area contributed by atoms with E-state index in [4.69, 9.17) is 5.73 Å². The zero-order chi connectivity index (χ0) is 12.7. The molecule has 0 aliphatic rings. The van der Waals surface area contributed by atoms with Gasteiger partial charge in [-0.2, -0.15) is 0 Å². The molecule has 0 aliphatic carbocycles. The van der Waals surface area contributed by atoms with Gasteiger partial charge >= 0.3 is 0 Å². The number of hydrogen-bond acceptors (Lipinski definition) is 2. The fourth-order valence-electron chi connectivity index (χ4n) is 2.14. The van der Waals surface area contributed by atoms with E-state index in [2.05, 4.69) is 6.92 Å². The Morgan fingerprint density at radius 2 is 2.00 bits per heavy atom. The maximum atomic E-state index is 12.1. The minimum atomic E-state index is 0.263. The zero-order valence-corrected chi connectivity index (χ0v) is 10.9. The minimum Gasteiger partial charge on any atom is -0.330 e. The van der Waals surface area contributed by atoms with Crippen LogP contribution in [-0.2, 0) is 0 Å². The molecule has 0 heterocycles. The summed E-state index contributed by atoms with van der Waals surface area (Å²) in [4.78, 5) is 12.1. The van der Waals surface area contributed by atoms with Crippen molar-refractivity contribution in [3.8, 4) is 0 Å². The van der Waals surface area contributed by atoms with Crippen molar-refractivity contribution in [2.45, 2.75) is 39.5 Å². The number of nitrogens with two attached hydrogens (primary N) is 1. The predicted octanol–water partition coefficient (Wildman–Crippen LogP) is 3.33. The highest BCUT2D eigenvalue weighted by Gasteiger charge is 2.11. The number of hydrogen-bond donors (Lipinski definition) is 1. The van der Waals surface area contributed by atoms with Gasteiger partial charge in [0, 0.05) is 12.0 Å². The largest absolute Gasteiger partial charge is 0.330 e. The van der Waals surface area contributed by atoms with Crippen LogP contribution < -0.4 is 5.73 Å². The Hall–Kier alpha value is -1.15. The van der Waals surface area contributed by atoms with Crippen molar-refractivity contribution in [1.82, 2.24) is 0 Å². The smallest absolute Gasteiger partial charge is 0.163 e. The Morgan fingerprint density at radius 1 is 1.29 bits per heavy atom. The Kier molecular flexibility index (Phi) is 5.92. The van der Waals surface area contributed by atoms with Crippen LogP contribution >= 0.6 is 0 Å². The Bertz CT molecular complexity index is 360. The van der Waals surface area contributed by atoms with E-state index < -0.39 is 0 Å². The third-order valence-corrected chi connectivity index (χ3v) is 3.38. The molecular formula is C15H23NO. The van der Waals surface area contributed by atoms with Gasteiger partial charge in [-0.15, -0.1) is 0 Å². The summed E-state index contributed by atoms with van der Waals surface area (Å²) in [6.07, 6.45) is 3.74. The summed E-state index contributed by atoms with van der Waals surface area (Å²) < 4.78 is 0. The SMILES string of the molecule is CCC(CCN)CCC(=O)c1ccccc1C. The summed E-state index contributed by atoms with van der Waals surface area (Å²) in [5, 5.41) is 0. The van der Waals surface area contributed by atoms with Gasteiger partial charge in [0.25, 0.3) is 0 Å². The normalized spacial score (nSPS) is 12.4. The molecule has 1 unspecified atom stereocenters. The standard InChI is InChI=1S/C15H23NO/c1-3-13(10-11-16)8-9-15(17)14-7-5-4-6-12(14)2/h4-7,13H,3,8-11,16H2,1-2H3. The van der Waals surface area contributed by atoms with Gasteiger partial charge in [-0.05, 0) is 37.8 Å². The molecule has 17 heavy (non-hydrogen) atoms. The van der Waals surface area contributed by atoms with Crippen molar-refractivity contribution in [1.29, 1.82) is 0 Å². The number of carbonyl (C=O) groups is 1. The number of Topliss-reactive ketones (excluding diaryl/α,β-unsaturated/α-hetero) is 1. The van der Waals surface area contributed by atoms with Gasteiger partial charge < -0.3 is 5.73 Å². The molecule has 0 fully saturated rings. The topological polar surface area (TPSA) is 43.1 Å². The molecule has 0 aromatic heterocycles. The van der Waals surface area contributed by atoms with E-state index in [-0.39, 0.29) is 5.78 Å². The predicted molar refractivity (Wildman–Crippen MR) is 72.2 cm³/mol. The highest BCUT2D eigenvalue weighted by atomic mass is 16.1. The first-order chi connectivity index (χ1) is 8.19. The van der Waals surface area contributed by atoms with Crippen LogP contribution in [-0.4, -0.2) is 12.3 Å². The quantitative estimate of drug-likeness (QED) is 0.734. The lowest BCUT2D eigenvalue weighted by Gasteiger charge is -2.13. The van der Waals surface area contributed by atoms with Gasteiger partial charge in [0.15, 0.2) is 5.78 Å². The van der Waals surface area contributed by atoms with Gasteiger partial charge in [-0.1, -0.05) is 37.6 Å². The first kappa shape index (κ1) is 13.9. The van der Waals surface area contributed by atoms with Crippen LogP contribution in [0.5, 0.6) is 0 Å². The lowest BCUT2D eigenvalue weighted by Crippen LogP contribution is -2.10. The molecule has 1 rings (SSSR count). The molecule has 1 aromatic carbocycles. The first-order valence-electron chi connectivity index (χ1n) is 6.48. The second-order valence-corrected chi connectivity index (χ2v) is 4.63. The third kappa shape index (κ3) is 4.31. The number of aryl methyl sites for hydroxylation is 1. The van der Waals surface area contributed by atoms with E-state index in [1.165, 1.54) is 0 Å². The fraction of sp³-hybridized carbons (Fsp3) is 0.533. The average Bonchev–Trinajstić information content (AvgIpc) is 2.34. The first-order valence-corrected chi connectivity index (χ1v) is 6.48. The fourth-order valence-corrected chi connectivity index (χ4v) is 2.14. The summed E-state index contributed by atoms with van der Waals surface area (Å²) in [6, 6.07) is 7.80. The van der Waals surface area contributed by atoms with Crippen molar-refractivity contribution in [3.05, 3.63) is 35.4 Å². The molecule has 2 heteroatoms.